The van der Waals surface area contributed by atoms with Gasteiger partial charge in [-0.1, -0.05) is 33.1 Å². The van der Waals surface area contributed by atoms with Crippen LogP contribution in [0.3, 0.4) is 0 Å². The topological polar surface area (TPSA) is 65.8 Å². The monoisotopic (exact) mass is 385 g/mol. The fourth-order valence-electron chi connectivity index (χ4n) is 2.72. The first-order chi connectivity index (χ1) is 9.72. The predicted octanol–water partition coefficient (Wildman–Crippen LogP) is 3.88. The van der Waals surface area contributed by atoms with Gasteiger partial charge in [0, 0.05) is 0 Å². The molecule has 0 aromatic carbocycles. The maximum absolute atomic E-state index is 9.95. The van der Waals surface area contributed by atoms with Gasteiger partial charge in [0.05, 0.1) is 0 Å². The van der Waals surface area contributed by atoms with E-state index < -0.39 is 0 Å². The van der Waals surface area contributed by atoms with Crippen molar-refractivity contribution in [1.29, 1.82) is 0 Å². The molecule has 0 radical (unpaired) electrons. The maximum atomic E-state index is 9.95. The van der Waals surface area contributed by atoms with Crippen LogP contribution in [0.25, 0.3) is 6.15 Å². The van der Waals surface area contributed by atoms with Crippen molar-refractivity contribution in [3.8, 4) is 0 Å². The van der Waals surface area contributed by atoms with E-state index in [1.54, 1.807) is 4.90 Å². The van der Waals surface area contributed by atoms with Crippen molar-refractivity contribution in [2.24, 2.45) is 11.8 Å². The van der Waals surface area contributed by atoms with E-state index in [2.05, 4.69) is 25.6 Å². The quantitative estimate of drug-likeness (QED) is 0.696. The molecule has 1 saturated carbocycles. The van der Waals surface area contributed by atoms with Gasteiger partial charge < -0.3 is 27.6 Å². The Morgan fingerprint density at radius 1 is 1.09 bits per heavy atom. The Morgan fingerprint density at radius 3 is 1.95 bits per heavy atom. The van der Waals surface area contributed by atoms with Crippen molar-refractivity contribution in [1.82, 2.24) is 10.2 Å². The molecule has 4 nitrogen and oxygen atoms in total. The van der Waals surface area contributed by atoms with Crippen LogP contribution in [0, 0.1) is 18.3 Å². The number of nitrogens with two attached hydrogens (primary N) is 1. The summed E-state index contributed by atoms with van der Waals surface area (Å²) < 4.78 is 0. The van der Waals surface area contributed by atoms with Gasteiger partial charge in [-0.15, -0.1) is 0 Å². The Labute approximate surface area is 163 Å². The molecule has 2 unspecified atom stereocenters. The summed E-state index contributed by atoms with van der Waals surface area (Å²) in [5.41, 5.74) is 0. The summed E-state index contributed by atoms with van der Waals surface area (Å²) in [6, 6.07) is 0. The van der Waals surface area contributed by atoms with Crippen molar-refractivity contribution in [2.45, 2.75) is 58.8 Å². The van der Waals surface area contributed by atoms with Gasteiger partial charge >= 0.3 is 32.7 Å². The van der Waals surface area contributed by atoms with E-state index in [0.29, 0.717) is 5.92 Å². The predicted molar refractivity (Wildman–Crippen MR) is 90.4 cm³/mol. The van der Waals surface area contributed by atoms with E-state index >= 15 is 0 Å². The van der Waals surface area contributed by atoms with Gasteiger partial charge in [-0.3, -0.25) is 0 Å². The van der Waals surface area contributed by atoms with Crippen molar-refractivity contribution in [3.63, 3.8) is 0 Å². The third-order valence-electron chi connectivity index (χ3n) is 4.18. The number of likely N-dealkylation sites (tertiary alicyclic amines) is 1. The molecular weight excluding hydrogens is 351 g/mol. The van der Waals surface area contributed by atoms with Crippen LogP contribution in [0.4, 0.5) is 0 Å². The molecule has 2 heterocycles. The summed E-state index contributed by atoms with van der Waals surface area (Å²) in [5, 5.41) is 3.27. The average molecular weight is 385 g/mol. The summed E-state index contributed by atoms with van der Waals surface area (Å²) >= 11 is 0. The zero-order valence-corrected chi connectivity index (χ0v) is 17.4. The van der Waals surface area contributed by atoms with Crippen LogP contribution in [-0.4, -0.2) is 37.5 Å². The summed E-state index contributed by atoms with van der Waals surface area (Å²) in [6.45, 7) is 8.71. The summed E-state index contributed by atoms with van der Waals surface area (Å²) in [7, 11) is 0. The van der Waals surface area contributed by atoms with Gasteiger partial charge in [-0.2, -0.15) is 19.3 Å². The van der Waals surface area contributed by atoms with Crippen molar-refractivity contribution >= 4 is 6.41 Å². The van der Waals surface area contributed by atoms with Crippen molar-refractivity contribution in [3.05, 3.63) is 12.6 Å². The number of amides is 1. The van der Waals surface area contributed by atoms with Crippen LogP contribution >= 0.6 is 0 Å². The Bertz CT molecular complexity index is 233. The summed E-state index contributed by atoms with van der Waals surface area (Å²) in [4.78, 5) is 11.7. The molecule has 5 heteroatoms. The van der Waals surface area contributed by atoms with Gasteiger partial charge in [-0.05, 0) is 50.9 Å². The van der Waals surface area contributed by atoms with Gasteiger partial charge in [0.1, 0.15) is 0 Å². The van der Waals surface area contributed by atoms with Crippen LogP contribution in [0.1, 0.15) is 58.8 Å². The normalized spacial score (nSPS) is 26.4. The van der Waals surface area contributed by atoms with E-state index in [0.717, 1.165) is 25.4 Å². The van der Waals surface area contributed by atoms with E-state index in [1.165, 1.54) is 51.6 Å². The smallest absolute Gasteiger partial charge is 0.693 e. The van der Waals surface area contributed by atoms with Crippen LogP contribution in [0.2, 0.25) is 0 Å². The molecule has 0 spiro atoms. The molecule has 0 bridgehead atoms. The number of nitrogens with zero attached hydrogens (tertiary/aromatic N) is 1. The van der Waals surface area contributed by atoms with Gasteiger partial charge in [0.2, 0.25) is 0 Å². The molecule has 126 valence electrons. The Balaban J connectivity index is 0. The fourth-order valence-corrected chi connectivity index (χ4v) is 2.72. The second-order valence-electron chi connectivity index (χ2n) is 6.46. The molecule has 0 aromatic rings. The first-order valence-corrected chi connectivity index (χ1v) is 8.37. The van der Waals surface area contributed by atoms with Crippen LogP contribution in [0.5, 0.6) is 0 Å². The van der Waals surface area contributed by atoms with Gasteiger partial charge in [0.25, 0.3) is 0 Å². The molecule has 1 aliphatic carbocycles. The molecule has 3 N–H and O–H groups in total. The zero-order valence-electron chi connectivity index (χ0n) is 14.5. The van der Waals surface area contributed by atoms with E-state index in [1.807, 2.05) is 6.41 Å². The minimum Gasteiger partial charge on any atom is -0.693 e. The number of nitrogens with one attached hydrogen (secondary N) is 1. The maximum Gasteiger partial charge on any atom is 3.00 e. The van der Waals surface area contributed by atoms with E-state index in [9.17, 15) is 4.79 Å². The molecular formula is C17H34N3OY. The second kappa shape index (κ2) is 16.4. The number of hydrogen-bond donors (Lipinski definition) is 1. The molecule has 3 rings (SSSR count). The average Bonchev–Trinajstić information content (AvgIpc) is 3.13. The van der Waals surface area contributed by atoms with Gasteiger partial charge in [0.15, 0.2) is 0 Å². The minimum absolute atomic E-state index is 0. The van der Waals surface area contributed by atoms with Crippen LogP contribution in [0.15, 0.2) is 0 Å². The minimum atomic E-state index is 0. The molecule has 1 amide bonds. The molecule has 3 fully saturated rings. The Hall–Kier alpha value is 0.494. The largest absolute Gasteiger partial charge is 3.00 e. The third kappa shape index (κ3) is 13.0. The van der Waals surface area contributed by atoms with Crippen LogP contribution < -0.4 is 5.32 Å². The first kappa shape index (κ1) is 24.7. The fraction of sp³-hybridized carbons (Fsp3) is 0.882. The zero-order chi connectivity index (χ0) is 14.6. The molecule has 3 aliphatic rings. The number of carbonyl (C=O) groups excluding carboxylic acids is 1. The molecule has 2 atom stereocenters. The molecule has 22 heavy (non-hydrogen) atoms. The summed E-state index contributed by atoms with van der Waals surface area (Å²) in [5.74, 6) is 1.63. The van der Waals surface area contributed by atoms with Crippen LogP contribution in [-0.2, 0) is 37.5 Å². The number of hydrogen-bond acceptors (Lipinski definition) is 2. The SMILES string of the molecule is CC1CCN([C-]=O)C1.CC1CCNC1.[CH-]1CCCCC1.[NH2-].[Y+3]. The second-order valence-corrected chi connectivity index (χ2v) is 6.46. The van der Waals surface area contributed by atoms with Gasteiger partial charge in [-0.25, -0.2) is 0 Å². The van der Waals surface area contributed by atoms with Crippen molar-refractivity contribution in [2.75, 3.05) is 26.2 Å². The third-order valence-corrected chi connectivity index (χ3v) is 4.18. The van der Waals surface area contributed by atoms with E-state index in [-0.39, 0.29) is 38.9 Å². The van der Waals surface area contributed by atoms with E-state index in [4.69, 9.17) is 0 Å². The molecule has 2 aliphatic heterocycles. The number of rotatable bonds is 1. The standard InChI is InChI=1S/C6H10NO.C6H11.C5H11N.H2N.Y/c1-6-2-3-7(4-6)5-8;1-2-4-6-5-3-1;1-5-2-3-6-4-5;;/h6H,2-4H2,1H3;1H,2-6H2;5-6H,2-4H2,1H3;1H2;/q2*-1;;-1;+3. The summed E-state index contributed by atoms with van der Waals surface area (Å²) in [6.07, 6.45) is 13.9. The Kier molecular flexibility index (Phi) is 18.4. The first-order valence-electron chi connectivity index (χ1n) is 8.37. The molecule has 0 aromatic heterocycles. The Morgan fingerprint density at radius 2 is 1.77 bits per heavy atom. The molecule has 2 saturated heterocycles. The van der Waals surface area contributed by atoms with Crippen molar-refractivity contribution < 1.29 is 37.5 Å².